The Kier molecular flexibility index (Phi) is 7.36. The SMILES string of the molecule is Cc1cc(C(=O)N2CCN(CC3CCCCC3)CC2)ccc1NSc1cccc2cccnc12. The summed E-state index contributed by atoms with van der Waals surface area (Å²) in [6.07, 6.45) is 8.79. The number of anilines is 1. The Balaban J connectivity index is 1.17. The van der Waals surface area contributed by atoms with Gasteiger partial charge in [-0.05, 0) is 73.5 Å². The van der Waals surface area contributed by atoms with Crippen LogP contribution in [0.4, 0.5) is 5.69 Å². The van der Waals surface area contributed by atoms with Crippen LogP contribution in [-0.4, -0.2) is 53.4 Å². The van der Waals surface area contributed by atoms with Crippen LogP contribution < -0.4 is 4.72 Å². The summed E-state index contributed by atoms with van der Waals surface area (Å²) < 4.78 is 3.46. The van der Waals surface area contributed by atoms with Gasteiger partial charge in [0.1, 0.15) is 0 Å². The number of nitrogens with one attached hydrogen (secondary N) is 1. The summed E-state index contributed by atoms with van der Waals surface area (Å²) in [6.45, 7) is 6.92. The maximum atomic E-state index is 13.2. The number of para-hydroxylation sites is 1. The quantitative estimate of drug-likeness (QED) is 0.444. The molecule has 1 saturated heterocycles. The predicted octanol–water partition coefficient (Wildman–Crippen LogP) is 6.00. The zero-order chi connectivity index (χ0) is 23.3. The number of fused-ring (bicyclic) bond motifs is 1. The summed E-state index contributed by atoms with van der Waals surface area (Å²) >= 11 is 1.56. The first kappa shape index (κ1) is 23.2. The number of carbonyl (C=O) groups is 1. The predicted molar refractivity (Wildman–Crippen MR) is 141 cm³/mol. The number of rotatable bonds is 6. The second kappa shape index (κ2) is 10.8. The highest BCUT2D eigenvalue weighted by molar-refractivity contribution is 8.00. The fourth-order valence-corrected chi connectivity index (χ4v) is 6.09. The molecule has 2 fully saturated rings. The van der Waals surface area contributed by atoms with Gasteiger partial charge in [0.15, 0.2) is 0 Å². The highest BCUT2D eigenvalue weighted by atomic mass is 32.2. The number of hydrogen-bond acceptors (Lipinski definition) is 5. The topological polar surface area (TPSA) is 48.5 Å². The van der Waals surface area contributed by atoms with Crippen LogP contribution >= 0.6 is 11.9 Å². The van der Waals surface area contributed by atoms with Gasteiger partial charge in [-0.1, -0.05) is 37.5 Å². The fourth-order valence-electron chi connectivity index (χ4n) is 5.23. The summed E-state index contributed by atoms with van der Waals surface area (Å²) in [4.78, 5) is 23.4. The van der Waals surface area contributed by atoms with E-state index in [9.17, 15) is 4.79 Å². The van der Waals surface area contributed by atoms with Crippen molar-refractivity contribution < 1.29 is 4.79 Å². The second-order valence-electron chi connectivity index (χ2n) is 9.66. The molecular weight excluding hydrogens is 440 g/mol. The van der Waals surface area contributed by atoms with Crippen LogP contribution in [0.2, 0.25) is 0 Å². The van der Waals surface area contributed by atoms with Gasteiger partial charge in [0.2, 0.25) is 0 Å². The average Bonchev–Trinajstić information content (AvgIpc) is 2.88. The van der Waals surface area contributed by atoms with Crippen molar-refractivity contribution in [1.82, 2.24) is 14.8 Å². The number of pyridine rings is 1. The van der Waals surface area contributed by atoms with Crippen LogP contribution in [0.3, 0.4) is 0 Å². The number of amides is 1. The second-order valence-corrected chi connectivity index (χ2v) is 10.5. The molecule has 34 heavy (non-hydrogen) atoms. The van der Waals surface area contributed by atoms with E-state index < -0.39 is 0 Å². The van der Waals surface area contributed by atoms with Gasteiger partial charge >= 0.3 is 0 Å². The van der Waals surface area contributed by atoms with E-state index in [1.54, 1.807) is 11.9 Å². The molecule has 2 heterocycles. The van der Waals surface area contributed by atoms with E-state index in [0.29, 0.717) is 0 Å². The van der Waals surface area contributed by atoms with Crippen LogP contribution in [0.15, 0.2) is 59.6 Å². The number of benzene rings is 2. The van der Waals surface area contributed by atoms with E-state index >= 15 is 0 Å². The number of carbonyl (C=O) groups excluding carboxylic acids is 1. The maximum Gasteiger partial charge on any atom is 0.253 e. The van der Waals surface area contributed by atoms with Crippen molar-refractivity contribution in [1.29, 1.82) is 0 Å². The lowest BCUT2D eigenvalue weighted by atomic mass is 9.89. The third kappa shape index (κ3) is 5.39. The molecule has 0 unspecified atom stereocenters. The summed E-state index contributed by atoms with van der Waals surface area (Å²) in [5.41, 5.74) is 3.87. The lowest BCUT2D eigenvalue weighted by Gasteiger charge is -2.37. The molecule has 1 saturated carbocycles. The van der Waals surface area contributed by atoms with Gasteiger partial charge < -0.3 is 9.62 Å². The van der Waals surface area contributed by atoms with E-state index in [0.717, 1.165) is 64.7 Å². The van der Waals surface area contributed by atoms with Crippen LogP contribution in [0.1, 0.15) is 48.0 Å². The zero-order valence-corrected chi connectivity index (χ0v) is 20.8. The maximum absolute atomic E-state index is 13.2. The molecule has 0 radical (unpaired) electrons. The molecule has 3 aromatic rings. The van der Waals surface area contributed by atoms with Crippen molar-refractivity contribution >= 4 is 34.4 Å². The van der Waals surface area contributed by atoms with Gasteiger partial charge in [-0.25, -0.2) is 0 Å². The van der Waals surface area contributed by atoms with Gasteiger partial charge in [-0.15, -0.1) is 0 Å². The Labute approximate surface area is 207 Å². The molecule has 5 rings (SSSR count). The number of piperazine rings is 1. The summed E-state index contributed by atoms with van der Waals surface area (Å²) in [6, 6.07) is 16.2. The molecule has 2 aromatic carbocycles. The Morgan fingerprint density at radius 1 is 1.03 bits per heavy atom. The largest absolute Gasteiger partial charge is 0.336 e. The van der Waals surface area contributed by atoms with Crippen LogP contribution in [0.5, 0.6) is 0 Å². The molecule has 1 amide bonds. The van der Waals surface area contributed by atoms with E-state index in [-0.39, 0.29) is 5.91 Å². The number of aryl methyl sites for hydroxylation is 1. The van der Waals surface area contributed by atoms with Crippen LogP contribution in [-0.2, 0) is 0 Å². The molecule has 6 heteroatoms. The van der Waals surface area contributed by atoms with Crippen LogP contribution in [0.25, 0.3) is 10.9 Å². The fraction of sp³-hybridized carbons (Fsp3) is 0.429. The van der Waals surface area contributed by atoms with Gasteiger partial charge in [0.25, 0.3) is 5.91 Å². The molecular formula is C28H34N4OS. The summed E-state index contributed by atoms with van der Waals surface area (Å²) in [5.74, 6) is 1.01. The molecule has 178 valence electrons. The molecule has 0 atom stereocenters. The molecule has 1 aromatic heterocycles. The highest BCUT2D eigenvalue weighted by Crippen LogP contribution is 2.29. The monoisotopic (exact) mass is 474 g/mol. The van der Waals surface area contributed by atoms with Crippen molar-refractivity contribution in [3.05, 3.63) is 65.9 Å². The molecule has 1 N–H and O–H groups in total. The van der Waals surface area contributed by atoms with Gasteiger partial charge in [-0.2, -0.15) is 0 Å². The Bertz CT molecular complexity index is 1130. The minimum Gasteiger partial charge on any atom is -0.336 e. The highest BCUT2D eigenvalue weighted by Gasteiger charge is 2.24. The first-order chi connectivity index (χ1) is 16.7. The molecule has 0 spiro atoms. The standard InChI is InChI=1S/C28H34N4OS/c1-21-19-24(28(33)32-17-15-31(16-18-32)20-22-7-3-2-4-8-22)12-13-25(21)30-34-26-11-5-9-23-10-6-14-29-27(23)26/h5-6,9-14,19,22,30H,2-4,7-8,15-18,20H2,1H3. The Hall–Kier alpha value is -2.57. The van der Waals surface area contributed by atoms with E-state index in [4.69, 9.17) is 0 Å². The lowest BCUT2D eigenvalue weighted by Crippen LogP contribution is -2.49. The number of nitrogens with zero attached hydrogens (tertiary/aromatic N) is 3. The minimum absolute atomic E-state index is 0.151. The first-order valence-electron chi connectivity index (χ1n) is 12.6. The normalized spacial score (nSPS) is 17.7. The number of hydrogen-bond donors (Lipinski definition) is 1. The number of aromatic nitrogens is 1. The van der Waals surface area contributed by atoms with Crippen molar-refractivity contribution in [2.24, 2.45) is 5.92 Å². The van der Waals surface area contributed by atoms with Crippen molar-refractivity contribution in [2.75, 3.05) is 37.4 Å². The van der Waals surface area contributed by atoms with Crippen molar-refractivity contribution in [3.63, 3.8) is 0 Å². The van der Waals surface area contributed by atoms with Gasteiger partial charge in [0, 0.05) is 55.6 Å². The van der Waals surface area contributed by atoms with Crippen molar-refractivity contribution in [2.45, 2.75) is 43.9 Å². The average molecular weight is 475 g/mol. The first-order valence-corrected chi connectivity index (χ1v) is 13.4. The Morgan fingerprint density at radius 2 is 1.82 bits per heavy atom. The van der Waals surface area contributed by atoms with E-state index in [1.165, 1.54) is 38.6 Å². The molecule has 1 aliphatic heterocycles. The third-order valence-corrected chi connectivity index (χ3v) is 8.11. The summed E-state index contributed by atoms with van der Waals surface area (Å²) in [5, 5.41) is 1.13. The summed E-state index contributed by atoms with van der Waals surface area (Å²) in [7, 11) is 0. The molecule has 5 nitrogen and oxygen atoms in total. The minimum atomic E-state index is 0.151. The van der Waals surface area contributed by atoms with Crippen molar-refractivity contribution in [3.8, 4) is 0 Å². The van der Waals surface area contributed by atoms with Gasteiger partial charge in [-0.3, -0.25) is 14.7 Å². The molecule has 2 aliphatic rings. The smallest absolute Gasteiger partial charge is 0.253 e. The molecule has 1 aliphatic carbocycles. The third-order valence-electron chi connectivity index (χ3n) is 7.24. The lowest BCUT2D eigenvalue weighted by molar-refractivity contribution is 0.0606. The van der Waals surface area contributed by atoms with E-state index in [2.05, 4.69) is 45.8 Å². The van der Waals surface area contributed by atoms with E-state index in [1.807, 2.05) is 35.4 Å². The Morgan fingerprint density at radius 3 is 2.62 bits per heavy atom. The zero-order valence-electron chi connectivity index (χ0n) is 20.0. The van der Waals surface area contributed by atoms with Gasteiger partial charge in [0.05, 0.1) is 10.4 Å². The van der Waals surface area contributed by atoms with Crippen LogP contribution in [0, 0.1) is 12.8 Å². The molecule has 0 bridgehead atoms.